The Morgan fingerprint density at radius 2 is 2.00 bits per heavy atom. The van der Waals surface area contributed by atoms with Crippen molar-refractivity contribution in [1.29, 1.82) is 0 Å². The van der Waals surface area contributed by atoms with E-state index in [0.29, 0.717) is 5.92 Å². The first-order chi connectivity index (χ1) is 12.7. The van der Waals surface area contributed by atoms with E-state index in [1.807, 2.05) is 48.4 Å². The maximum absolute atomic E-state index is 6.43. The summed E-state index contributed by atoms with van der Waals surface area (Å²) in [6.07, 6.45) is 4.37. The van der Waals surface area contributed by atoms with E-state index in [-0.39, 0.29) is 0 Å². The van der Waals surface area contributed by atoms with E-state index in [4.69, 9.17) is 16.6 Å². The molecule has 0 unspecified atom stereocenters. The van der Waals surface area contributed by atoms with Gasteiger partial charge in [0.05, 0.1) is 22.6 Å². The van der Waals surface area contributed by atoms with Crippen molar-refractivity contribution in [2.75, 3.05) is 0 Å². The smallest absolute Gasteiger partial charge is 0.113 e. The number of halogens is 1. The highest BCUT2D eigenvalue weighted by atomic mass is 35.5. The lowest BCUT2D eigenvalue weighted by Crippen LogP contribution is -2.03. The summed E-state index contributed by atoms with van der Waals surface area (Å²) < 4.78 is 4.07. The zero-order chi connectivity index (χ0) is 17.7. The summed E-state index contributed by atoms with van der Waals surface area (Å²) in [4.78, 5) is 4.72. The molecule has 0 aliphatic heterocycles. The molecule has 4 aromatic rings. The molecular weight excluding hydrogens is 346 g/mol. The maximum Gasteiger partial charge on any atom is 0.113 e. The van der Waals surface area contributed by atoms with Crippen LogP contribution in [-0.2, 0) is 13.6 Å². The third-order valence-corrected chi connectivity index (χ3v) is 5.33. The number of fused-ring (bicyclic) bond motifs is 1. The normalized spacial score (nSPS) is 14.2. The first-order valence-electron chi connectivity index (χ1n) is 8.79. The molecule has 0 radical (unpaired) electrons. The molecule has 1 saturated carbocycles. The van der Waals surface area contributed by atoms with Crippen LogP contribution < -0.4 is 0 Å². The fraction of sp³-hybridized carbons (Fsp3) is 0.250. The predicted molar refractivity (Wildman–Crippen MR) is 102 cm³/mol. The molecule has 0 saturated heterocycles. The van der Waals surface area contributed by atoms with Crippen LogP contribution in [0, 0.1) is 0 Å². The highest BCUT2D eigenvalue weighted by Crippen LogP contribution is 2.45. The Balaban J connectivity index is 1.56. The van der Waals surface area contributed by atoms with Crippen LogP contribution in [0.5, 0.6) is 0 Å². The molecule has 1 fully saturated rings. The third kappa shape index (κ3) is 2.59. The summed E-state index contributed by atoms with van der Waals surface area (Å²) in [6.45, 7) is 0.782. The molecule has 1 aliphatic carbocycles. The SMILES string of the molecule is Cn1nnc2ccc(Cn3cnc(-c4ccccc4Cl)c3C3CC3)cc21. The number of imidazole rings is 1. The van der Waals surface area contributed by atoms with Gasteiger partial charge in [0.25, 0.3) is 0 Å². The van der Waals surface area contributed by atoms with Gasteiger partial charge in [0.2, 0.25) is 0 Å². The van der Waals surface area contributed by atoms with E-state index in [2.05, 4.69) is 27.0 Å². The first kappa shape index (κ1) is 15.6. The molecular formula is C20H18ClN5. The second-order valence-electron chi connectivity index (χ2n) is 6.90. The third-order valence-electron chi connectivity index (χ3n) is 5.00. The summed E-state index contributed by atoms with van der Waals surface area (Å²) in [7, 11) is 1.92. The van der Waals surface area contributed by atoms with Gasteiger partial charge in [-0.15, -0.1) is 5.10 Å². The molecule has 2 aromatic heterocycles. The topological polar surface area (TPSA) is 48.5 Å². The van der Waals surface area contributed by atoms with E-state index >= 15 is 0 Å². The van der Waals surface area contributed by atoms with Gasteiger partial charge < -0.3 is 4.57 Å². The number of aromatic nitrogens is 5. The second-order valence-corrected chi connectivity index (χ2v) is 7.30. The highest BCUT2D eigenvalue weighted by Gasteiger charge is 2.31. The van der Waals surface area contributed by atoms with Crippen molar-refractivity contribution in [3.8, 4) is 11.3 Å². The lowest BCUT2D eigenvalue weighted by molar-refractivity contribution is 0.731. The molecule has 0 spiro atoms. The van der Waals surface area contributed by atoms with Crippen LogP contribution >= 0.6 is 11.6 Å². The molecule has 5 rings (SSSR count). The lowest BCUT2D eigenvalue weighted by atomic mass is 10.1. The van der Waals surface area contributed by atoms with Crippen molar-refractivity contribution in [3.05, 3.63) is 65.1 Å². The Morgan fingerprint density at radius 3 is 2.81 bits per heavy atom. The average Bonchev–Trinajstić information content (AvgIpc) is 3.31. The van der Waals surface area contributed by atoms with Crippen molar-refractivity contribution in [2.45, 2.75) is 25.3 Å². The number of hydrogen-bond donors (Lipinski definition) is 0. The van der Waals surface area contributed by atoms with Gasteiger partial charge in [0.15, 0.2) is 0 Å². The minimum absolute atomic E-state index is 0.575. The van der Waals surface area contributed by atoms with Crippen molar-refractivity contribution >= 4 is 22.6 Å². The van der Waals surface area contributed by atoms with Gasteiger partial charge in [-0.25, -0.2) is 9.67 Å². The predicted octanol–water partition coefficient (Wildman–Crippen LogP) is 4.41. The Morgan fingerprint density at radius 1 is 1.15 bits per heavy atom. The standard InChI is InChI=1S/C20H18ClN5/c1-25-18-10-13(6-9-17(18)23-24-25)11-26-12-22-19(20(26)14-7-8-14)15-4-2-3-5-16(15)21/h2-6,9-10,12,14H,7-8,11H2,1H3. The van der Waals surface area contributed by atoms with Crippen LogP contribution in [0.3, 0.4) is 0 Å². The zero-order valence-electron chi connectivity index (χ0n) is 14.4. The maximum atomic E-state index is 6.43. The minimum atomic E-state index is 0.575. The largest absolute Gasteiger partial charge is 0.329 e. The van der Waals surface area contributed by atoms with Crippen molar-refractivity contribution < 1.29 is 0 Å². The molecule has 2 heterocycles. The quantitative estimate of drug-likeness (QED) is 0.539. The number of nitrogens with zero attached hydrogens (tertiary/aromatic N) is 5. The zero-order valence-corrected chi connectivity index (χ0v) is 15.2. The molecule has 1 aliphatic rings. The van der Waals surface area contributed by atoms with E-state index in [1.54, 1.807) is 0 Å². The van der Waals surface area contributed by atoms with Crippen molar-refractivity contribution in [2.24, 2.45) is 7.05 Å². The van der Waals surface area contributed by atoms with E-state index in [9.17, 15) is 0 Å². The van der Waals surface area contributed by atoms with Gasteiger partial charge in [0, 0.05) is 30.8 Å². The fourth-order valence-electron chi connectivity index (χ4n) is 3.53. The summed E-state index contributed by atoms with van der Waals surface area (Å²) in [5, 5.41) is 8.99. The molecule has 0 amide bonds. The Hall–Kier alpha value is -2.66. The molecule has 2 aromatic carbocycles. The minimum Gasteiger partial charge on any atom is -0.329 e. The van der Waals surface area contributed by atoms with Gasteiger partial charge in [0.1, 0.15) is 5.52 Å². The van der Waals surface area contributed by atoms with Gasteiger partial charge in [-0.1, -0.05) is 41.1 Å². The molecule has 130 valence electrons. The first-order valence-corrected chi connectivity index (χ1v) is 9.17. The van der Waals surface area contributed by atoms with Crippen LogP contribution in [0.15, 0.2) is 48.8 Å². The Labute approximate surface area is 156 Å². The van der Waals surface area contributed by atoms with Crippen molar-refractivity contribution in [3.63, 3.8) is 0 Å². The number of hydrogen-bond acceptors (Lipinski definition) is 3. The fourth-order valence-corrected chi connectivity index (χ4v) is 3.76. The van der Waals surface area contributed by atoms with Crippen LogP contribution in [0.4, 0.5) is 0 Å². The Kier molecular flexibility index (Phi) is 3.57. The van der Waals surface area contributed by atoms with Crippen LogP contribution in [0.1, 0.15) is 30.0 Å². The number of rotatable bonds is 4. The van der Waals surface area contributed by atoms with Gasteiger partial charge >= 0.3 is 0 Å². The second kappa shape index (κ2) is 5.95. The summed E-state index contributed by atoms with van der Waals surface area (Å²) in [5.74, 6) is 0.575. The number of aryl methyl sites for hydroxylation is 1. The van der Waals surface area contributed by atoms with Crippen LogP contribution in [0.2, 0.25) is 5.02 Å². The van der Waals surface area contributed by atoms with E-state index < -0.39 is 0 Å². The lowest BCUT2D eigenvalue weighted by Gasteiger charge is -2.11. The summed E-state index contributed by atoms with van der Waals surface area (Å²) >= 11 is 6.43. The highest BCUT2D eigenvalue weighted by molar-refractivity contribution is 6.33. The molecule has 26 heavy (non-hydrogen) atoms. The van der Waals surface area contributed by atoms with Gasteiger partial charge in [-0.05, 0) is 36.6 Å². The average molecular weight is 364 g/mol. The molecule has 0 N–H and O–H groups in total. The van der Waals surface area contributed by atoms with Gasteiger partial charge in [-0.3, -0.25) is 0 Å². The monoisotopic (exact) mass is 363 g/mol. The molecule has 6 heteroatoms. The molecule has 0 bridgehead atoms. The van der Waals surface area contributed by atoms with Crippen molar-refractivity contribution in [1.82, 2.24) is 24.5 Å². The summed E-state index contributed by atoms with van der Waals surface area (Å²) in [6, 6.07) is 14.2. The van der Waals surface area contributed by atoms with Crippen LogP contribution in [0.25, 0.3) is 22.3 Å². The molecule has 0 atom stereocenters. The number of benzene rings is 2. The van der Waals surface area contributed by atoms with Gasteiger partial charge in [-0.2, -0.15) is 0 Å². The Bertz CT molecular complexity index is 1110. The van der Waals surface area contributed by atoms with E-state index in [0.717, 1.165) is 33.9 Å². The van der Waals surface area contributed by atoms with Crippen LogP contribution in [-0.4, -0.2) is 24.5 Å². The van der Waals surface area contributed by atoms with E-state index in [1.165, 1.54) is 24.1 Å². The molecule has 5 nitrogen and oxygen atoms in total. The summed E-state index contributed by atoms with van der Waals surface area (Å²) in [5.41, 5.74) is 6.50.